The second-order valence-corrected chi connectivity index (χ2v) is 6.60. The third-order valence-electron chi connectivity index (χ3n) is 2.70. The number of thiophene rings is 1. The van der Waals surface area contributed by atoms with E-state index in [2.05, 4.69) is 40.3 Å². The van der Waals surface area contributed by atoms with Crippen LogP contribution in [0.15, 0.2) is 34.8 Å². The summed E-state index contributed by atoms with van der Waals surface area (Å²) >= 11 is 11.3. The van der Waals surface area contributed by atoms with Crippen LogP contribution < -0.4 is 5.32 Å². The van der Waals surface area contributed by atoms with Crippen molar-refractivity contribution < 1.29 is 0 Å². The first-order chi connectivity index (χ1) is 8.69. The lowest BCUT2D eigenvalue weighted by Crippen LogP contribution is -2.12. The van der Waals surface area contributed by atoms with Gasteiger partial charge in [0.1, 0.15) is 0 Å². The topological polar surface area (TPSA) is 12.0 Å². The molecule has 2 rings (SSSR count). The minimum absolute atomic E-state index is 0.761. The van der Waals surface area contributed by atoms with Crippen molar-refractivity contribution in [2.24, 2.45) is 0 Å². The van der Waals surface area contributed by atoms with Crippen LogP contribution in [0.1, 0.15) is 22.2 Å². The van der Waals surface area contributed by atoms with E-state index in [1.807, 2.05) is 29.5 Å². The molecule has 0 fully saturated rings. The first-order valence-electron chi connectivity index (χ1n) is 5.91. The van der Waals surface area contributed by atoms with Crippen molar-refractivity contribution in [3.8, 4) is 0 Å². The van der Waals surface area contributed by atoms with E-state index in [-0.39, 0.29) is 0 Å². The molecule has 1 nitrogen and oxygen atoms in total. The molecule has 1 heterocycles. The van der Waals surface area contributed by atoms with Crippen LogP contribution in [0.3, 0.4) is 0 Å². The van der Waals surface area contributed by atoms with Gasteiger partial charge >= 0.3 is 0 Å². The van der Waals surface area contributed by atoms with Gasteiger partial charge in [-0.2, -0.15) is 0 Å². The van der Waals surface area contributed by atoms with Gasteiger partial charge in [0.15, 0.2) is 0 Å². The summed E-state index contributed by atoms with van der Waals surface area (Å²) in [5, 5.41) is 4.21. The Kier molecular flexibility index (Phi) is 5.25. The van der Waals surface area contributed by atoms with Crippen LogP contribution in [0.2, 0.25) is 5.02 Å². The fraction of sp³-hybridized carbons (Fsp3) is 0.286. The summed E-state index contributed by atoms with van der Waals surface area (Å²) in [5.74, 6) is 0. The fourth-order valence-corrected chi connectivity index (χ4v) is 3.44. The van der Waals surface area contributed by atoms with Crippen LogP contribution in [-0.4, -0.2) is 0 Å². The molecule has 0 aliphatic rings. The Morgan fingerprint density at radius 2 is 1.94 bits per heavy atom. The third-order valence-corrected chi connectivity index (χ3v) is 4.90. The molecule has 2 aromatic rings. The molecule has 0 saturated heterocycles. The van der Waals surface area contributed by atoms with Gasteiger partial charge in [0.2, 0.25) is 0 Å². The van der Waals surface area contributed by atoms with Gasteiger partial charge in [0.05, 0.1) is 0 Å². The molecule has 0 bridgehead atoms. The largest absolute Gasteiger partial charge is 0.308 e. The first kappa shape index (κ1) is 14.1. The highest BCUT2D eigenvalue weighted by molar-refractivity contribution is 9.10. The van der Waals surface area contributed by atoms with Crippen molar-refractivity contribution in [2.75, 3.05) is 0 Å². The number of benzene rings is 1. The molecule has 18 heavy (non-hydrogen) atoms. The third kappa shape index (κ3) is 3.82. The number of rotatable bonds is 5. The van der Waals surface area contributed by atoms with E-state index >= 15 is 0 Å². The molecular formula is C14H15BrClNS. The molecule has 0 atom stereocenters. The molecule has 1 aromatic heterocycles. The van der Waals surface area contributed by atoms with Crippen LogP contribution in [0, 0.1) is 0 Å². The predicted octanol–water partition coefficient (Wildman–Crippen LogP) is 5.02. The summed E-state index contributed by atoms with van der Waals surface area (Å²) in [7, 11) is 0. The van der Waals surface area contributed by atoms with Gasteiger partial charge in [-0.1, -0.05) is 40.5 Å². The Bertz CT molecular complexity index is 524. The Morgan fingerprint density at radius 3 is 2.61 bits per heavy atom. The molecule has 96 valence electrons. The summed E-state index contributed by atoms with van der Waals surface area (Å²) in [6.07, 6.45) is 1.12. The van der Waals surface area contributed by atoms with Gasteiger partial charge in [0, 0.05) is 32.3 Å². The maximum atomic E-state index is 5.92. The first-order valence-corrected chi connectivity index (χ1v) is 7.90. The lowest BCUT2D eigenvalue weighted by molar-refractivity contribution is 0.699. The summed E-state index contributed by atoms with van der Waals surface area (Å²) in [5.41, 5.74) is 1.23. The van der Waals surface area contributed by atoms with Crippen molar-refractivity contribution >= 4 is 38.9 Å². The van der Waals surface area contributed by atoms with Crippen molar-refractivity contribution in [2.45, 2.75) is 26.4 Å². The molecule has 1 aromatic carbocycles. The highest BCUT2D eigenvalue weighted by Gasteiger charge is 2.02. The molecule has 0 aliphatic heterocycles. The normalized spacial score (nSPS) is 10.8. The van der Waals surface area contributed by atoms with E-state index in [0.717, 1.165) is 29.0 Å². The summed E-state index contributed by atoms with van der Waals surface area (Å²) in [6.45, 7) is 3.95. The molecule has 0 amide bonds. The lowest BCUT2D eigenvalue weighted by atomic mass is 10.2. The van der Waals surface area contributed by atoms with E-state index in [1.54, 1.807) is 0 Å². The van der Waals surface area contributed by atoms with E-state index in [0.29, 0.717) is 0 Å². The molecule has 0 aliphatic carbocycles. The summed E-state index contributed by atoms with van der Waals surface area (Å²) in [4.78, 5) is 2.83. The Labute approximate surface area is 125 Å². The highest BCUT2D eigenvalue weighted by atomic mass is 79.9. The molecule has 0 spiro atoms. The zero-order chi connectivity index (χ0) is 13.0. The SMILES string of the molecule is CCc1ccc(CNCc2ccc(Cl)cc2Br)s1. The zero-order valence-electron chi connectivity index (χ0n) is 10.2. The van der Waals surface area contributed by atoms with Crippen LogP contribution >= 0.6 is 38.9 Å². The average molecular weight is 345 g/mol. The fourth-order valence-electron chi connectivity index (χ4n) is 1.69. The number of halogens is 2. The minimum Gasteiger partial charge on any atom is -0.308 e. The van der Waals surface area contributed by atoms with Crippen molar-refractivity contribution in [3.05, 3.63) is 55.1 Å². The van der Waals surface area contributed by atoms with Crippen LogP contribution in [0.5, 0.6) is 0 Å². The highest BCUT2D eigenvalue weighted by Crippen LogP contribution is 2.22. The number of nitrogens with one attached hydrogen (secondary N) is 1. The Balaban J connectivity index is 1.88. The van der Waals surface area contributed by atoms with Crippen LogP contribution in [0.25, 0.3) is 0 Å². The second-order valence-electron chi connectivity index (χ2n) is 4.06. The summed E-state index contributed by atoms with van der Waals surface area (Å²) < 4.78 is 1.06. The van der Waals surface area contributed by atoms with Gasteiger partial charge in [-0.15, -0.1) is 11.3 Å². The number of hydrogen-bond acceptors (Lipinski definition) is 2. The van der Waals surface area contributed by atoms with E-state index < -0.39 is 0 Å². The molecule has 0 saturated carbocycles. The van der Waals surface area contributed by atoms with E-state index in [1.165, 1.54) is 15.3 Å². The Morgan fingerprint density at radius 1 is 1.17 bits per heavy atom. The van der Waals surface area contributed by atoms with Crippen molar-refractivity contribution in [1.29, 1.82) is 0 Å². The molecule has 4 heteroatoms. The number of aryl methyl sites for hydroxylation is 1. The second kappa shape index (κ2) is 6.71. The van der Waals surface area contributed by atoms with Crippen LogP contribution in [0.4, 0.5) is 0 Å². The van der Waals surface area contributed by atoms with Crippen molar-refractivity contribution in [1.82, 2.24) is 5.32 Å². The number of hydrogen-bond donors (Lipinski definition) is 1. The molecule has 0 unspecified atom stereocenters. The summed E-state index contributed by atoms with van der Waals surface area (Å²) in [6, 6.07) is 10.3. The van der Waals surface area contributed by atoms with Crippen molar-refractivity contribution in [3.63, 3.8) is 0 Å². The minimum atomic E-state index is 0.761. The predicted molar refractivity (Wildman–Crippen MR) is 83.4 cm³/mol. The average Bonchev–Trinajstić information content (AvgIpc) is 2.80. The van der Waals surface area contributed by atoms with Gasteiger partial charge in [-0.25, -0.2) is 0 Å². The van der Waals surface area contributed by atoms with Gasteiger partial charge < -0.3 is 5.32 Å². The molecular weight excluding hydrogens is 330 g/mol. The molecule has 0 radical (unpaired) electrons. The quantitative estimate of drug-likeness (QED) is 0.803. The zero-order valence-corrected chi connectivity index (χ0v) is 13.3. The standard InChI is InChI=1S/C14H15BrClNS/c1-2-12-5-6-13(18-12)9-17-8-10-3-4-11(16)7-14(10)15/h3-7,17H,2,8-9H2,1H3. The van der Waals surface area contributed by atoms with E-state index in [4.69, 9.17) is 11.6 Å². The maximum absolute atomic E-state index is 5.92. The Hall–Kier alpha value is -0.350. The van der Waals surface area contributed by atoms with Gasteiger partial charge in [0.25, 0.3) is 0 Å². The van der Waals surface area contributed by atoms with Crippen LogP contribution in [-0.2, 0) is 19.5 Å². The smallest absolute Gasteiger partial charge is 0.0417 e. The maximum Gasteiger partial charge on any atom is 0.0417 e. The van der Waals surface area contributed by atoms with Gasteiger partial charge in [-0.3, -0.25) is 0 Å². The monoisotopic (exact) mass is 343 g/mol. The molecule has 1 N–H and O–H groups in total. The lowest BCUT2D eigenvalue weighted by Gasteiger charge is -2.06. The van der Waals surface area contributed by atoms with Gasteiger partial charge in [-0.05, 0) is 36.2 Å². The van der Waals surface area contributed by atoms with E-state index in [9.17, 15) is 0 Å².